The van der Waals surface area contributed by atoms with Gasteiger partial charge in [0.05, 0.1) is 16.8 Å². The van der Waals surface area contributed by atoms with E-state index in [-0.39, 0.29) is 23.0 Å². The molecule has 1 amide bonds. The van der Waals surface area contributed by atoms with Crippen molar-refractivity contribution < 1.29 is 13.2 Å². The van der Waals surface area contributed by atoms with Crippen LogP contribution in [0.4, 0.5) is 0 Å². The fourth-order valence-corrected chi connectivity index (χ4v) is 2.90. The van der Waals surface area contributed by atoms with Crippen molar-refractivity contribution in [3.05, 3.63) is 48.3 Å². The minimum atomic E-state index is -3.41. The lowest BCUT2D eigenvalue weighted by molar-refractivity contribution is -0.120. The Hall–Kier alpha value is -2.15. The van der Waals surface area contributed by atoms with Crippen LogP contribution in [0.3, 0.4) is 0 Å². The zero-order chi connectivity index (χ0) is 14.4. The van der Waals surface area contributed by atoms with Crippen LogP contribution in [0.1, 0.15) is 12.0 Å². The molecule has 0 fully saturated rings. The van der Waals surface area contributed by atoms with Crippen LogP contribution in [0.2, 0.25) is 0 Å². The molecule has 1 aromatic carbocycles. The molecule has 2 rings (SSSR count). The van der Waals surface area contributed by atoms with Gasteiger partial charge < -0.3 is 5.32 Å². The largest absolute Gasteiger partial charge is 0.352 e. The molecule has 0 aliphatic heterocycles. The molecule has 0 unspecified atom stereocenters. The maximum atomic E-state index is 12.0. The van der Waals surface area contributed by atoms with Gasteiger partial charge in [0.25, 0.3) is 0 Å². The molecule has 0 spiro atoms. The summed E-state index contributed by atoms with van der Waals surface area (Å²) in [6.45, 7) is 0.334. The van der Waals surface area contributed by atoms with Crippen molar-refractivity contribution in [2.45, 2.75) is 17.9 Å². The van der Waals surface area contributed by atoms with Gasteiger partial charge in [-0.25, -0.2) is 8.42 Å². The molecule has 0 aliphatic rings. The summed E-state index contributed by atoms with van der Waals surface area (Å²) >= 11 is 0. The lowest BCUT2D eigenvalue weighted by atomic mass is 10.3. The summed E-state index contributed by atoms with van der Waals surface area (Å²) in [5.41, 5.74) is 0.837. The summed E-state index contributed by atoms with van der Waals surface area (Å²) in [5.74, 6) is -0.500. The molecule has 0 aliphatic carbocycles. The molecule has 1 aromatic heterocycles. The van der Waals surface area contributed by atoms with Crippen LogP contribution >= 0.6 is 0 Å². The van der Waals surface area contributed by atoms with E-state index in [4.69, 9.17) is 0 Å². The van der Waals surface area contributed by atoms with Gasteiger partial charge >= 0.3 is 0 Å². The second-order valence-corrected chi connectivity index (χ2v) is 6.37. The van der Waals surface area contributed by atoms with E-state index in [9.17, 15) is 13.2 Å². The Bertz CT molecular complexity index is 651. The van der Waals surface area contributed by atoms with Crippen LogP contribution in [-0.2, 0) is 21.2 Å². The van der Waals surface area contributed by atoms with Crippen LogP contribution < -0.4 is 5.32 Å². The highest BCUT2D eigenvalue weighted by atomic mass is 32.2. The summed E-state index contributed by atoms with van der Waals surface area (Å²) in [6, 6.07) is 8.12. The Kier molecular flexibility index (Phi) is 4.52. The Morgan fingerprint density at radius 2 is 2.00 bits per heavy atom. The molecular weight excluding hydrogens is 278 g/mol. The van der Waals surface area contributed by atoms with Gasteiger partial charge in [-0.05, 0) is 12.1 Å². The Morgan fingerprint density at radius 1 is 1.25 bits per heavy atom. The molecule has 6 nitrogen and oxygen atoms in total. The minimum Gasteiger partial charge on any atom is -0.352 e. The van der Waals surface area contributed by atoms with Gasteiger partial charge in [0.1, 0.15) is 0 Å². The maximum absolute atomic E-state index is 12.0. The highest BCUT2D eigenvalue weighted by molar-refractivity contribution is 7.91. The first-order chi connectivity index (χ1) is 9.58. The average Bonchev–Trinajstić information content (AvgIpc) is 2.97. The van der Waals surface area contributed by atoms with Crippen LogP contribution in [0, 0.1) is 0 Å². The highest BCUT2D eigenvalue weighted by Gasteiger charge is 2.15. The van der Waals surface area contributed by atoms with E-state index in [1.165, 1.54) is 12.1 Å². The van der Waals surface area contributed by atoms with E-state index < -0.39 is 9.84 Å². The molecule has 0 atom stereocenters. The number of benzene rings is 1. The number of H-pyrrole nitrogens is 1. The molecule has 0 radical (unpaired) electrons. The highest BCUT2D eigenvalue weighted by Crippen LogP contribution is 2.10. The monoisotopic (exact) mass is 293 g/mol. The molecule has 20 heavy (non-hydrogen) atoms. The van der Waals surface area contributed by atoms with Gasteiger partial charge in [-0.1, -0.05) is 18.2 Å². The summed E-state index contributed by atoms with van der Waals surface area (Å²) in [4.78, 5) is 11.8. The van der Waals surface area contributed by atoms with Crippen LogP contribution in [0.15, 0.2) is 47.6 Å². The predicted octanol–water partition coefficient (Wildman–Crippen LogP) is 0.890. The van der Waals surface area contributed by atoms with Crippen molar-refractivity contribution in [2.24, 2.45) is 0 Å². The molecular formula is C13H15N3O3S. The van der Waals surface area contributed by atoms with E-state index in [0.717, 1.165) is 5.56 Å². The molecule has 2 aromatic rings. The quantitative estimate of drug-likeness (QED) is 0.827. The standard InChI is InChI=1S/C13H15N3O3S/c17-13(14-8-11-9-15-16-10-11)6-7-20(18,19)12-4-2-1-3-5-12/h1-5,9-10H,6-8H2,(H,14,17)(H,15,16). The molecule has 0 bridgehead atoms. The molecule has 0 saturated heterocycles. The average molecular weight is 293 g/mol. The van der Waals surface area contributed by atoms with E-state index in [0.29, 0.717) is 6.54 Å². The normalized spacial score (nSPS) is 11.2. The fraction of sp³-hybridized carbons (Fsp3) is 0.231. The topological polar surface area (TPSA) is 91.9 Å². The van der Waals surface area contributed by atoms with Crippen molar-refractivity contribution in [1.29, 1.82) is 0 Å². The fourth-order valence-electron chi connectivity index (χ4n) is 1.64. The molecule has 106 valence electrons. The summed E-state index contributed by atoms with van der Waals surface area (Å²) < 4.78 is 23.9. The zero-order valence-corrected chi connectivity index (χ0v) is 11.6. The first-order valence-electron chi connectivity index (χ1n) is 6.10. The summed E-state index contributed by atoms with van der Waals surface area (Å²) in [6.07, 6.45) is 3.21. The minimum absolute atomic E-state index is 0.0604. The smallest absolute Gasteiger partial charge is 0.221 e. The number of nitrogens with zero attached hydrogens (tertiary/aromatic N) is 1. The summed E-state index contributed by atoms with van der Waals surface area (Å²) in [5, 5.41) is 9.03. The lowest BCUT2D eigenvalue weighted by Crippen LogP contribution is -2.25. The predicted molar refractivity (Wildman–Crippen MR) is 73.5 cm³/mol. The molecule has 7 heteroatoms. The van der Waals surface area contributed by atoms with Gasteiger partial charge in [0.2, 0.25) is 5.91 Å². The van der Waals surface area contributed by atoms with Crippen molar-refractivity contribution in [3.63, 3.8) is 0 Å². The zero-order valence-electron chi connectivity index (χ0n) is 10.7. The molecule has 0 saturated carbocycles. The van der Waals surface area contributed by atoms with Gasteiger partial charge in [-0.2, -0.15) is 5.10 Å². The number of carbonyl (C=O) groups is 1. The number of aromatic amines is 1. The van der Waals surface area contributed by atoms with Crippen LogP contribution in [0.5, 0.6) is 0 Å². The van der Waals surface area contributed by atoms with Crippen molar-refractivity contribution in [1.82, 2.24) is 15.5 Å². The number of rotatable bonds is 6. The number of carbonyl (C=O) groups excluding carboxylic acids is 1. The number of amides is 1. The number of aromatic nitrogens is 2. The Balaban J connectivity index is 1.84. The number of nitrogens with one attached hydrogen (secondary N) is 2. The number of hydrogen-bond acceptors (Lipinski definition) is 4. The molecule has 2 N–H and O–H groups in total. The number of hydrogen-bond donors (Lipinski definition) is 2. The van der Waals surface area contributed by atoms with E-state index in [1.807, 2.05) is 0 Å². The lowest BCUT2D eigenvalue weighted by Gasteiger charge is -2.05. The Labute approximate surface area is 117 Å². The second kappa shape index (κ2) is 6.33. The molecule has 1 heterocycles. The first-order valence-corrected chi connectivity index (χ1v) is 7.75. The third-order valence-corrected chi connectivity index (χ3v) is 4.48. The SMILES string of the molecule is O=C(CCS(=O)(=O)c1ccccc1)NCc1cn[nH]c1. The summed E-state index contributed by atoms with van der Waals surface area (Å²) in [7, 11) is -3.41. The maximum Gasteiger partial charge on any atom is 0.221 e. The Morgan fingerprint density at radius 3 is 2.65 bits per heavy atom. The second-order valence-electron chi connectivity index (χ2n) is 4.27. The third-order valence-electron chi connectivity index (χ3n) is 2.74. The first kappa shape index (κ1) is 14.3. The van der Waals surface area contributed by atoms with Gasteiger partial charge in [0.15, 0.2) is 9.84 Å². The van der Waals surface area contributed by atoms with E-state index >= 15 is 0 Å². The van der Waals surface area contributed by atoms with Crippen LogP contribution in [-0.4, -0.2) is 30.3 Å². The van der Waals surface area contributed by atoms with Crippen LogP contribution in [0.25, 0.3) is 0 Å². The van der Waals surface area contributed by atoms with E-state index in [1.54, 1.807) is 30.6 Å². The van der Waals surface area contributed by atoms with Gasteiger partial charge in [-0.15, -0.1) is 0 Å². The third kappa shape index (κ3) is 3.92. The van der Waals surface area contributed by atoms with Gasteiger partial charge in [-0.3, -0.25) is 9.89 Å². The van der Waals surface area contributed by atoms with Crippen molar-refractivity contribution in [2.75, 3.05) is 5.75 Å². The van der Waals surface area contributed by atoms with Crippen molar-refractivity contribution >= 4 is 15.7 Å². The van der Waals surface area contributed by atoms with Crippen molar-refractivity contribution in [3.8, 4) is 0 Å². The van der Waals surface area contributed by atoms with E-state index in [2.05, 4.69) is 15.5 Å². The number of sulfone groups is 1. The van der Waals surface area contributed by atoms with Gasteiger partial charge in [0, 0.05) is 24.7 Å².